The number of hydrogen-bond acceptors (Lipinski definition) is 4. The van der Waals surface area contributed by atoms with Crippen LogP contribution in [0.3, 0.4) is 0 Å². The molecule has 2 rings (SSSR count). The Balaban J connectivity index is 0.00000420. The van der Waals surface area contributed by atoms with Crippen LogP contribution in [-0.4, -0.2) is 26.2 Å². The number of alkyl halides is 2. The van der Waals surface area contributed by atoms with E-state index in [1.54, 1.807) is 44.3 Å². The lowest BCUT2D eigenvalue weighted by molar-refractivity contribution is -0.0520. The molecular formula is C20H23F2IN4O2. The van der Waals surface area contributed by atoms with Gasteiger partial charge < -0.3 is 20.1 Å². The van der Waals surface area contributed by atoms with Crippen LogP contribution in [-0.2, 0) is 13.1 Å². The second kappa shape index (κ2) is 12.8. The van der Waals surface area contributed by atoms with E-state index >= 15 is 0 Å². The Morgan fingerprint density at radius 3 is 2.41 bits per heavy atom. The number of hydrogen-bond donors (Lipinski definition) is 2. The van der Waals surface area contributed by atoms with E-state index in [4.69, 9.17) is 10.00 Å². The molecule has 0 aliphatic rings. The van der Waals surface area contributed by atoms with Crippen LogP contribution in [0, 0.1) is 11.3 Å². The molecule has 0 aliphatic heterocycles. The maximum atomic E-state index is 12.8. The maximum absolute atomic E-state index is 12.8. The van der Waals surface area contributed by atoms with Gasteiger partial charge in [-0.2, -0.15) is 14.0 Å². The molecule has 0 aromatic heterocycles. The zero-order valence-electron chi connectivity index (χ0n) is 16.1. The highest BCUT2D eigenvalue weighted by molar-refractivity contribution is 14.0. The van der Waals surface area contributed by atoms with Gasteiger partial charge in [0, 0.05) is 25.7 Å². The molecule has 156 valence electrons. The highest BCUT2D eigenvalue weighted by Crippen LogP contribution is 2.32. The molecule has 0 radical (unpaired) electrons. The van der Waals surface area contributed by atoms with Crippen LogP contribution in [0.15, 0.2) is 47.5 Å². The number of benzene rings is 2. The summed E-state index contributed by atoms with van der Waals surface area (Å²) in [5, 5.41) is 15.0. The smallest absolute Gasteiger partial charge is 0.387 e. The fourth-order valence-electron chi connectivity index (χ4n) is 2.47. The number of nitrogens with one attached hydrogen (secondary N) is 2. The molecule has 0 bridgehead atoms. The standard InChI is InChI=1S/C20H22F2N4O2.HI/c1-3-27-17-6-4-5-16(18(17)28-19(21)22)13-26-20(24-2)25-12-15-9-7-14(11-23)8-10-15;/h4-10,19H,3,12-13H2,1-2H3,(H2,24,25,26);1H. The van der Waals surface area contributed by atoms with E-state index in [0.717, 1.165) is 5.56 Å². The first kappa shape index (κ1) is 24.4. The third kappa shape index (κ3) is 7.73. The fraction of sp³-hybridized carbons (Fsp3) is 0.300. The largest absolute Gasteiger partial charge is 0.490 e. The summed E-state index contributed by atoms with van der Waals surface area (Å²) in [6.07, 6.45) is 0. The van der Waals surface area contributed by atoms with Crippen molar-refractivity contribution in [3.63, 3.8) is 0 Å². The van der Waals surface area contributed by atoms with Crippen LogP contribution < -0.4 is 20.1 Å². The molecule has 0 aliphatic carbocycles. The topological polar surface area (TPSA) is 78.7 Å². The molecule has 2 aromatic carbocycles. The second-order valence-electron chi connectivity index (χ2n) is 5.64. The van der Waals surface area contributed by atoms with Gasteiger partial charge in [0.15, 0.2) is 17.5 Å². The summed E-state index contributed by atoms with van der Waals surface area (Å²) in [5.74, 6) is 0.770. The number of para-hydroxylation sites is 1. The average Bonchev–Trinajstić information content (AvgIpc) is 2.70. The van der Waals surface area contributed by atoms with Crippen LogP contribution in [0.4, 0.5) is 8.78 Å². The van der Waals surface area contributed by atoms with Gasteiger partial charge in [-0.05, 0) is 30.7 Å². The minimum absolute atomic E-state index is 0. The summed E-state index contributed by atoms with van der Waals surface area (Å²) in [4.78, 5) is 4.12. The summed E-state index contributed by atoms with van der Waals surface area (Å²) >= 11 is 0. The summed E-state index contributed by atoms with van der Waals surface area (Å²) in [6.45, 7) is -0.133. The van der Waals surface area contributed by atoms with E-state index in [9.17, 15) is 8.78 Å². The molecule has 0 spiro atoms. The van der Waals surface area contributed by atoms with E-state index in [1.165, 1.54) is 0 Å². The Kier molecular flexibility index (Phi) is 10.8. The Labute approximate surface area is 185 Å². The number of aliphatic imine (C=N–C) groups is 1. The minimum atomic E-state index is -2.95. The van der Waals surface area contributed by atoms with E-state index in [0.29, 0.717) is 30.2 Å². The lowest BCUT2D eigenvalue weighted by Gasteiger charge is -2.17. The highest BCUT2D eigenvalue weighted by atomic mass is 127. The Bertz CT molecular complexity index is 839. The average molecular weight is 516 g/mol. The third-order valence-corrected chi connectivity index (χ3v) is 3.78. The van der Waals surface area contributed by atoms with Crippen LogP contribution in [0.1, 0.15) is 23.6 Å². The van der Waals surface area contributed by atoms with Crippen molar-refractivity contribution in [2.24, 2.45) is 4.99 Å². The summed E-state index contributed by atoms with van der Waals surface area (Å²) < 4.78 is 35.6. The molecule has 29 heavy (non-hydrogen) atoms. The van der Waals surface area contributed by atoms with E-state index in [-0.39, 0.29) is 42.0 Å². The molecule has 0 heterocycles. The molecule has 6 nitrogen and oxygen atoms in total. The van der Waals surface area contributed by atoms with Gasteiger partial charge >= 0.3 is 6.61 Å². The number of nitriles is 1. The first-order chi connectivity index (χ1) is 13.6. The van der Waals surface area contributed by atoms with Gasteiger partial charge in [-0.15, -0.1) is 24.0 Å². The Hall–Kier alpha value is -2.61. The van der Waals surface area contributed by atoms with Gasteiger partial charge in [0.1, 0.15) is 0 Å². The van der Waals surface area contributed by atoms with Gasteiger partial charge in [0.25, 0.3) is 0 Å². The van der Waals surface area contributed by atoms with Crippen molar-refractivity contribution in [1.29, 1.82) is 5.26 Å². The Morgan fingerprint density at radius 2 is 1.83 bits per heavy atom. The predicted molar refractivity (Wildman–Crippen MR) is 118 cm³/mol. The van der Waals surface area contributed by atoms with Crippen LogP contribution in [0.2, 0.25) is 0 Å². The zero-order valence-corrected chi connectivity index (χ0v) is 18.4. The molecule has 0 fully saturated rings. The van der Waals surface area contributed by atoms with Crippen LogP contribution >= 0.6 is 24.0 Å². The highest BCUT2D eigenvalue weighted by Gasteiger charge is 2.16. The van der Waals surface area contributed by atoms with Gasteiger partial charge in [-0.3, -0.25) is 4.99 Å². The quantitative estimate of drug-likeness (QED) is 0.315. The van der Waals surface area contributed by atoms with Gasteiger partial charge in [-0.25, -0.2) is 0 Å². The molecule has 2 N–H and O–H groups in total. The van der Waals surface area contributed by atoms with E-state index in [1.807, 2.05) is 12.1 Å². The SMILES string of the molecule is CCOc1cccc(CNC(=NC)NCc2ccc(C#N)cc2)c1OC(F)F.I. The van der Waals surface area contributed by atoms with Crippen molar-refractivity contribution < 1.29 is 18.3 Å². The number of rotatable bonds is 8. The Morgan fingerprint density at radius 1 is 1.14 bits per heavy atom. The predicted octanol–water partition coefficient (Wildman–Crippen LogP) is 4.04. The van der Waals surface area contributed by atoms with Gasteiger partial charge in [0.05, 0.1) is 18.2 Å². The summed E-state index contributed by atoms with van der Waals surface area (Å²) in [6, 6.07) is 14.2. The number of halogens is 3. The van der Waals surface area contributed by atoms with Crippen molar-refractivity contribution in [2.45, 2.75) is 26.6 Å². The first-order valence-electron chi connectivity index (χ1n) is 8.70. The zero-order chi connectivity index (χ0) is 20.4. The monoisotopic (exact) mass is 516 g/mol. The van der Waals surface area contributed by atoms with Crippen molar-refractivity contribution in [2.75, 3.05) is 13.7 Å². The molecule has 0 unspecified atom stereocenters. The second-order valence-corrected chi connectivity index (χ2v) is 5.64. The molecular weight excluding hydrogens is 493 g/mol. The molecule has 0 atom stereocenters. The maximum Gasteiger partial charge on any atom is 0.387 e. The molecule has 0 saturated heterocycles. The van der Waals surface area contributed by atoms with Crippen LogP contribution in [0.5, 0.6) is 11.5 Å². The van der Waals surface area contributed by atoms with Crippen molar-refractivity contribution in [3.8, 4) is 17.6 Å². The minimum Gasteiger partial charge on any atom is -0.490 e. The fourth-order valence-corrected chi connectivity index (χ4v) is 2.47. The lowest BCUT2D eigenvalue weighted by Crippen LogP contribution is -2.36. The molecule has 0 amide bonds. The molecule has 0 saturated carbocycles. The van der Waals surface area contributed by atoms with Crippen molar-refractivity contribution in [3.05, 3.63) is 59.2 Å². The van der Waals surface area contributed by atoms with Crippen molar-refractivity contribution >= 4 is 29.9 Å². The number of guanidine groups is 1. The molecule has 9 heteroatoms. The summed E-state index contributed by atoms with van der Waals surface area (Å²) in [7, 11) is 1.61. The van der Waals surface area contributed by atoms with Crippen LogP contribution in [0.25, 0.3) is 0 Å². The lowest BCUT2D eigenvalue weighted by atomic mass is 10.1. The van der Waals surface area contributed by atoms with Gasteiger partial charge in [-0.1, -0.05) is 24.3 Å². The number of ether oxygens (including phenoxy) is 2. The van der Waals surface area contributed by atoms with Crippen molar-refractivity contribution in [1.82, 2.24) is 10.6 Å². The van der Waals surface area contributed by atoms with Gasteiger partial charge in [0.2, 0.25) is 0 Å². The molecule has 2 aromatic rings. The van der Waals surface area contributed by atoms with E-state index in [2.05, 4.69) is 26.4 Å². The van der Waals surface area contributed by atoms with E-state index < -0.39 is 6.61 Å². The normalized spacial score (nSPS) is 10.7. The third-order valence-electron chi connectivity index (χ3n) is 3.78. The first-order valence-corrected chi connectivity index (χ1v) is 8.70. The number of nitrogens with zero attached hydrogens (tertiary/aromatic N) is 2. The summed E-state index contributed by atoms with van der Waals surface area (Å²) in [5.41, 5.74) is 2.08.